The molecule has 1 aliphatic carbocycles. The van der Waals surface area contributed by atoms with E-state index in [2.05, 4.69) is 5.32 Å². The van der Waals surface area contributed by atoms with Gasteiger partial charge in [-0.3, -0.25) is 9.59 Å². The number of nitrogens with zero attached hydrogens (tertiary/aromatic N) is 1. The van der Waals surface area contributed by atoms with Crippen LogP contribution in [0.3, 0.4) is 0 Å². The van der Waals surface area contributed by atoms with Crippen LogP contribution in [0.4, 0.5) is 5.69 Å². The second-order valence-corrected chi connectivity index (χ2v) is 6.65. The monoisotopic (exact) mass is 389 g/mol. The Balaban J connectivity index is 0.00000312. The summed E-state index contributed by atoms with van der Waals surface area (Å²) in [5, 5.41) is 3.24. The number of carbonyl (C=O) groups is 2. The summed E-state index contributed by atoms with van der Waals surface area (Å²) in [6, 6.07) is 4.99. The van der Waals surface area contributed by atoms with E-state index >= 15 is 0 Å². The Morgan fingerprint density at radius 1 is 1.36 bits per heavy atom. The maximum atomic E-state index is 12.4. The molecular weight excluding hydrogens is 365 g/mol. The lowest BCUT2D eigenvalue weighted by molar-refractivity contribution is -0.130. The van der Waals surface area contributed by atoms with Gasteiger partial charge in [0.05, 0.1) is 5.02 Å². The minimum atomic E-state index is -0.155. The normalized spacial score (nSPS) is 19.0. The molecule has 6 nitrogen and oxygen atoms in total. The number of amides is 2. The molecule has 0 radical (unpaired) electrons. The number of hydrogen-bond donors (Lipinski definition) is 2. The topological polar surface area (TPSA) is 84.7 Å². The minimum Gasteiger partial charge on any atom is -0.482 e. The van der Waals surface area contributed by atoms with E-state index in [1.807, 2.05) is 0 Å². The van der Waals surface area contributed by atoms with Crippen LogP contribution in [-0.2, 0) is 9.59 Å². The molecule has 1 fully saturated rings. The number of carbonyl (C=O) groups excluding carboxylic acids is 2. The number of benzene rings is 1. The Morgan fingerprint density at radius 2 is 2.08 bits per heavy atom. The van der Waals surface area contributed by atoms with E-state index in [0.717, 1.165) is 19.3 Å². The zero-order valence-corrected chi connectivity index (χ0v) is 16.0. The van der Waals surface area contributed by atoms with Crippen molar-refractivity contribution < 1.29 is 14.3 Å². The molecule has 25 heavy (non-hydrogen) atoms. The lowest BCUT2D eigenvalue weighted by Crippen LogP contribution is -2.29. The van der Waals surface area contributed by atoms with Crippen molar-refractivity contribution in [1.29, 1.82) is 0 Å². The van der Waals surface area contributed by atoms with Crippen molar-refractivity contribution >= 4 is 41.5 Å². The van der Waals surface area contributed by atoms with Crippen LogP contribution >= 0.6 is 24.0 Å². The first kappa shape index (κ1) is 21.5. The Hall–Kier alpha value is -1.50. The van der Waals surface area contributed by atoms with Gasteiger partial charge in [0.1, 0.15) is 5.75 Å². The average Bonchev–Trinajstić information content (AvgIpc) is 3.02. The first-order valence-corrected chi connectivity index (χ1v) is 8.43. The third kappa shape index (κ3) is 5.76. The van der Waals surface area contributed by atoms with Gasteiger partial charge < -0.3 is 20.7 Å². The van der Waals surface area contributed by atoms with Gasteiger partial charge in [-0.2, -0.15) is 0 Å². The van der Waals surface area contributed by atoms with Crippen molar-refractivity contribution in [1.82, 2.24) is 4.90 Å². The molecule has 2 atom stereocenters. The van der Waals surface area contributed by atoms with Crippen LogP contribution in [0.5, 0.6) is 5.75 Å². The fourth-order valence-corrected chi connectivity index (χ4v) is 3.10. The van der Waals surface area contributed by atoms with Crippen LogP contribution in [0, 0.1) is 11.8 Å². The average molecular weight is 390 g/mol. The third-order valence-corrected chi connectivity index (χ3v) is 4.64. The highest BCUT2D eigenvalue weighted by Gasteiger charge is 2.31. The third-order valence-electron chi connectivity index (χ3n) is 4.35. The van der Waals surface area contributed by atoms with E-state index in [9.17, 15) is 9.59 Å². The number of rotatable bonds is 6. The standard InChI is InChI=1S/C17H24ClN3O3.ClH/c1-21(2)16(22)10-24-15-7-6-12(8-14(15)18)20-17(23)13-5-3-4-11(13)9-19;/h6-8,11,13H,3-5,9-10,19H2,1-2H3,(H,20,23);1H/t11-,13-;/m1./s1. The van der Waals surface area contributed by atoms with Gasteiger partial charge in [0, 0.05) is 25.7 Å². The van der Waals surface area contributed by atoms with E-state index in [4.69, 9.17) is 22.1 Å². The second-order valence-electron chi connectivity index (χ2n) is 6.24. The number of likely N-dealkylation sites (N-methyl/N-ethyl adjacent to an activating group) is 1. The Kier molecular flexibility index (Phi) is 8.48. The van der Waals surface area contributed by atoms with Crippen LogP contribution in [0.1, 0.15) is 19.3 Å². The van der Waals surface area contributed by atoms with Crippen molar-refractivity contribution in [3.63, 3.8) is 0 Å². The summed E-state index contributed by atoms with van der Waals surface area (Å²) in [6.45, 7) is 0.449. The van der Waals surface area contributed by atoms with Crippen LogP contribution < -0.4 is 15.8 Å². The van der Waals surface area contributed by atoms with Gasteiger partial charge in [0.2, 0.25) is 5.91 Å². The maximum Gasteiger partial charge on any atom is 0.259 e. The highest BCUT2D eigenvalue weighted by Crippen LogP contribution is 2.33. The Morgan fingerprint density at radius 3 is 2.68 bits per heavy atom. The van der Waals surface area contributed by atoms with Crippen molar-refractivity contribution in [3.8, 4) is 5.75 Å². The molecule has 0 aliphatic heterocycles. The first-order valence-electron chi connectivity index (χ1n) is 8.05. The van der Waals surface area contributed by atoms with E-state index < -0.39 is 0 Å². The second kappa shape index (κ2) is 9.85. The smallest absolute Gasteiger partial charge is 0.259 e. The summed E-state index contributed by atoms with van der Waals surface area (Å²) >= 11 is 6.17. The highest BCUT2D eigenvalue weighted by molar-refractivity contribution is 6.32. The predicted molar refractivity (Wildman–Crippen MR) is 101 cm³/mol. The zero-order chi connectivity index (χ0) is 17.7. The first-order chi connectivity index (χ1) is 11.4. The molecule has 0 bridgehead atoms. The molecular formula is C17H25Cl2N3O3. The van der Waals surface area contributed by atoms with Crippen LogP contribution in [-0.4, -0.2) is 44.0 Å². The Bertz CT molecular complexity index is 611. The predicted octanol–water partition coefficient (Wildman–Crippen LogP) is 2.54. The van der Waals surface area contributed by atoms with Gasteiger partial charge in [0.25, 0.3) is 5.91 Å². The lowest BCUT2D eigenvalue weighted by Gasteiger charge is -2.18. The van der Waals surface area contributed by atoms with Crippen molar-refractivity contribution in [2.75, 3.05) is 32.6 Å². The van der Waals surface area contributed by atoms with E-state index in [1.165, 1.54) is 4.90 Å². The molecule has 0 aromatic heterocycles. The number of hydrogen-bond acceptors (Lipinski definition) is 4. The van der Waals surface area contributed by atoms with Crippen molar-refractivity contribution in [2.24, 2.45) is 17.6 Å². The summed E-state index contributed by atoms with van der Waals surface area (Å²) in [4.78, 5) is 25.4. The molecule has 1 aromatic rings. The van der Waals surface area contributed by atoms with Crippen LogP contribution in [0.15, 0.2) is 18.2 Å². The zero-order valence-electron chi connectivity index (χ0n) is 14.5. The van der Waals surface area contributed by atoms with Crippen LogP contribution in [0.2, 0.25) is 5.02 Å². The SMILES string of the molecule is CN(C)C(=O)COc1ccc(NC(=O)[C@@H]2CCC[C@@H]2CN)cc1Cl.Cl. The van der Waals surface area contributed by atoms with Gasteiger partial charge in [-0.25, -0.2) is 0 Å². The molecule has 1 aliphatic rings. The molecule has 140 valence electrons. The molecule has 3 N–H and O–H groups in total. The Labute approximate surface area is 159 Å². The van der Waals surface area contributed by atoms with E-state index in [1.54, 1.807) is 32.3 Å². The van der Waals surface area contributed by atoms with Gasteiger partial charge in [-0.15, -0.1) is 12.4 Å². The molecule has 2 amide bonds. The van der Waals surface area contributed by atoms with Gasteiger partial charge in [-0.05, 0) is 43.5 Å². The van der Waals surface area contributed by atoms with Crippen molar-refractivity contribution in [2.45, 2.75) is 19.3 Å². The van der Waals surface area contributed by atoms with Crippen molar-refractivity contribution in [3.05, 3.63) is 23.2 Å². The maximum absolute atomic E-state index is 12.4. The van der Waals surface area contributed by atoms with E-state index in [-0.39, 0.29) is 42.7 Å². The van der Waals surface area contributed by atoms with Gasteiger partial charge >= 0.3 is 0 Å². The fourth-order valence-electron chi connectivity index (χ4n) is 2.86. The molecule has 1 aromatic carbocycles. The highest BCUT2D eigenvalue weighted by atomic mass is 35.5. The minimum absolute atomic E-state index is 0. The number of nitrogens with two attached hydrogens (primary N) is 1. The molecule has 2 rings (SSSR count). The van der Waals surface area contributed by atoms with Crippen LogP contribution in [0.25, 0.3) is 0 Å². The molecule has 0 heterocycles. The summed E-state index contributed by atoms with van der Waals surface area (Å²) in [6.07, 6.45) is 2.91. The molecule has 0 saturated heterocycles. The van der Waals surface area contributed by atoms with E-state index in [0.29, 0.717) is 23.0 Å². The molecule has 0 spiro atoms. The molecule has 8 heteroatoms. The lowest BCUT2D eigenvalue weighted by atomic mass is 9.95. The quantitative estimate of drug-likeness (QED) is 0.782. The summed E-state index contributed by atoms with van der Waals surface area (Å²) in [5.74, 6) is 0.445. The molecule has 0 unspecified atom stereocenters. The van der Waals surface area contributed by atoms with Gasteiger partial charge in [-0.1, -0.05) is 18.0 Å². The molecule has 1 saturated carbocycles. The number of ether oxygens (including phenoxy) is 1. The van der Waals surface area contributed by atoms with Gasteiger partial charge in [0.15, 0.2) is 6.61 Å². The number of nitrogens with one attached hydrogen (secondary N) is 1. The summed E-state index contributed by atoms with van der Waals surface area (Å²) in [7, 11) is 3.31. The number of anilines is 1. The fraction of sp³-hybridized carbons (Fsp3) is 0.529. The number of halogens is 2. The summed E-state index contributed by atoms with van der Waals surface area (Å²) < 4.78 is 5.40. The largest absolute Gasteiger partial charge is 0.482 e. The summed E-state index contributed by atoms with van der Waals surface area (Å²) in [5.41, 5.74) is 6.34.